The average Bonchev–Trinajstić information content (AvgIpc) is 2.99. The molecule has 9 heteroatoms. The molecule has 0 saturated heterocycles. The predicted octanol–water partition coefficient (Wildman–Crippen LogP) is 4.28. The van der Waals surface area contributed by atoms with Crippen LogP contribution in [0, 0.1) is 18.6 Å². The van der Waals surface area contributed by atoms with E-state index in [1.807, 2.05) is 0 Å². The van der Waals surface area contributed by atoms with Gasteiger partial charge in [0.25, 0.3) is 0 Å². The van der Waals surface area contributed by atoms with Gasteiger partial charge in [0.15, 0.2) is 4.90 Å². The summed E-state index contributed by atoms with van der Waals surface area (Å²) in [7, 11) is -4.14. The van der Waals surface area contributed by atoms with E-state index >= 15 is 0 Å². The van der Waals surface area contributed by atoms with E-state index in [1.54, 1.807) is 39.0 Å². The second-order valence-corrected chi connectivity index (χ2v) is 9.49. The first-order valence-corrected chi connectivity index (χ1v) is 10.5. The molecule has 0 bridgehead atoms. The van der Waals surface area contributed by atoms with Gasteiger partial charge >= 0.3 is 5.97 Å². The number of esters is 1. The van der Waals surface area contributed by atoms with E-state index in [0.29, 0.717) is 0 Å². The maximum Gasteiger partial charge on any atom is 0.350 e. The normalized spacial score (nSPS) is 12.1. The number of hydrogen-bond donors (Lipinski definition) is 0. The Morgan fingerprint density at radius 1 is 1.00 bits per heavy atom. The summed E-state index contributed by atoms with van der Waals surface area (Å²) in [4.78, 5) is 12.3. The van der Waals surface area contributed by atoms with E-state index in [0.717, 1.165) is 18.2 Å². The van der Waals surface area contributed by atoms with Gasteiger partial charge in [0.1, 0.15) is 17.2 Å². The van der Waals surface area contributed by atoms with Crippen LogP contribution in [0.15, 0.2) is 58.3 Å². The molecule has 3 rings (SSSR count). The number of hydrogen-bond acceptors (Lipinski definition) is 5. The third-order valence-corrected chi connectivity index (χ3v) is 6.18. The molecule has 0 saturated carbocycles. The maximum absolute atomic E-state index is 14.1. The van der Waals surface area contributed by atoms with Gasteiger partial charge in [-0.05, 0) is 52.0 Å². The monoisotopic (exact) mass is 434 g/mol. The number of aromatic nitrogens is 2. The van der Waals surface area contributed by atoms with Gasteiger partial charge in [-0.15, -0.1) is 0 Å². The van der Waals surface area contributed by atoms with Gasteiger partial charge in [0.2, 0.25) is 15.7 Å². The summed E-state index contributed by atoms with van der Waals surface area (Å²) in [6.07, 6.45) is 0. The zero-order valence-electron chi connectivity index (χ0n) is 16.8. The van der Waals surface area contributed by atoms with Crippen molar-refractivity contribution in [2.24, 2.45) is 0 Å². The van der Waals surface area contributed by atoms with E-state index in [4.69, 9.17) is 4.74 Å². The van der Waals surface area contributed by atoms with Gasteiger partial charge in [0, 0.05) is 0 Å². The molecule has 0 radical (unpaired) electrons. The Morgan fingerprint density at radius 3 is 2.10 bits per heavy atom. The topological polar surface area (TPSA) is 78.3 Å². The Kier molecular flexibility index (Phi) is 5.51. The average molecular weight is 434 g/mol. The second-order valence-electron chi connectivity index (χ2n) is 7.60. The van der Waals surface area contributed by atoms with Crippen LogP contribution in [0.3, 0.4) is 0 Å². The summed E-state index contributed by atoms with van der Waals surface area (Å²) in [5.74, 6) is -4.01. The smallest absolute Gasteiger partial charge is 0.350 e. The van der Waals surface area contributed by atoms with Crippen molar-refractivity contribution in [2.75, 3.05) is 0 Å². The minimum atomic E-state index is -4.14. The van der Waals surface area contributed by atoms with E-state index in [2.05, 4.69) is 5.10 Å². The van der Waals surface area contributed by atoms with Crippen molar-refractivity contribution in [1.82, 2.24) is 9.78 Å². The maximum atomic E-state index is 14.1. The number of ether oxygens (including phenoxy) is 1. The second kappa shape index (κ2) is 7.64. The van der Waals surface area contributed by atoms with Gasteiger partial charge in [-0.25, -0.2) is 26.7 Å². The zero-order chi connectivity index (χ0) is 22.3. The molecular formula is C21H20F2N2O4S. The molecule has 0 aliphatic heterocycles. The van der Waals surface area contributed by atoms with Crippen molar-refractivity contribution in [2.45, 2.75) is 43.0 Å². The number of aryl methyl sites for hydroxylation is 1. The minimum absolute atomic E-state index is 0.0315. The number of carbonyl (C=O) groups is 1. The molecule has 1 heterocycles. The lowest BCUT2D eigenvalue weighted by molar-refractivity contribution is 0.0693. The number of rotatable bonds is 4. The Labute approximate surface area is 173 Å². The number of sulfone groups is 1. The van der Waals surface area contributed by atoms with Crippen LogP contribution in [0.4, 0.5) is 8.78 Å². The Balaban J connectivity index is 2.22. The van der Waals surface area contributed by atoms with E-state index < -0.39 is 44.4 Å². The summed E-state index contributed by atoms with van der Waals surface area (Å²) in [5, 5.41) is 4.24. The van der Waals surface area contributed by atoms with Crippen LogP contribution in [-0.4, -0.2) is 24.2 Å². The molecule has 1 aromatic heterocycles. The van der Waals surface area contributed by atoms with Gasteiger partial charge in [0.05, 0.1) is 16.1 Å². The highest BCUT2D eigenvalue weighted by Gasteiger charge is 2.35. The van der Waals surface area contributed by atoms with E-state index in [-0.39, 0.29) is 15.5 Å². The van der Waals surface area contributed by atoms with Crippen LogP contribution < -0.4 is 4.74 Å². The highest BCUT2D eigenvalue weighted by molar-refractivity contribution is 7.91. The summed E-state index contributed by atoms with van der Waals surface area (Å²) < 4.78 is 61.2. The Bertz CT molecular complexity index is 1190. The number of carbonyl (C=O) groups excluding carboxylic acids is 1. The Morgan fingerprint density at radius 2 is 1.57 bits per heavy atom. The molecule has 0 unspecified atom stereocenters. The molecule has 158 valence electrons. The van der Waals surface area contributed by atoms with Crippen LogP contribution in [-0.2, 0) is 15.4 Å². The molecule has 0 spiro atoms. The molecule has 0 aliphatic rings. The lowest BCUT2D eigenvalue weighted by Crippen LogP contribution is -2.26. The summed E-state index contributed by atoms with van der Waals surface area (Å²) in [5.41, 5.74) is -1.62. The third-order valence-electron chi connectivity index (χ3n) is 4.28. The molecule has 0 atom stereocenters. The first-order chi connectivity index (χ1) is 13.9. The summed E-state index contributed by atoms with van der Waals surface area (Å²) in [6, 6.07) is 10.5. The highest BCUT2D eigenvalue weighted by Crippen LogP contribution is 2.36. The predicted molar refractivity (Wildman–Crippen MR) is 105 cm³/mol. The fraction of sp³-hybridized carbons (Fsp3) is 0.238. The van der Waals surface area contributed by atoms with E-state index in [9.17, 15) is 22.0 Å². The molecule has 2 aromatic carbocycles. The van der Waals surface area contributed by atoms with Gasteiger partial charge in [-0.1, -0.05) is 24.3 Å². The van der Waals surface area contributed by atoms with E-state index in [1.165, 1.54) is 23.7 Å². The molecule has 0 amide bonds. The lowest BCUT2D eigenvalue weighted by atomic mass is 10.1. The van der Waals surface area contributed by atoms with Crippen LogP contribution in [0.2, 0.25) is 0 Å². The van der Waals surface area contributed by atoms with Crippen molar-refractivity contribution >= 4 is 15.8 Å². The number of nitrogens with zero attached hydrogens (tertiary/aromatic N) is 2. The SMILES string of the molecule is Cc1nn(C(C)(C)C)c(OC(=O)c2c(F)cccc2F)c1S(=O)(=O)c1ccccc1. The largest absolute Gasteiger partial charge is 0.402 e. The quantitative estimate of drug-likeness (QED) is 0.573. The van der Waals surface area contributed by atoms with Crippen LogP contribution in [0.5, 0.6) is 5.88 Å². The highest BCUT2D eigenvalue weighted by atomic mass is 32.2. The van der Waals surface area contributed by atoms with Crippen molar-refractivity contribution in [1.29, 1.82) is 0 Å². The fourth-order valence-corrected chi connectivity index (χ4v) is 4.43. The molecule has 0 N–H and O–H groups in total. The van der Waals surface area contributed by atoms with Gasteiger partial charge in [-0.2, -0.15) is 5.10 Å². The van der Waals surface area contributed by atoms with Crippen molar-refractivity contribution < 1.29 is 26.7 Å². The molecule has 0 aliphatic carbocycles. The van der Waals surface area contributed by atoms with Crippen molar-refractivity contribution in [3.8, 4) is 5.88 Å². The van der Waals surface area contributed by atoms with Crippen LogP contribution in [0.1, 0.15) is 36.8 Å². The first kappa shape index (κ1) is 21.6. The standard InChI is InChI=1S/C21H20F2N2O4S/c1-13-18(30(27,28)14-9-6-5-7-10-14)19(25(24-13)21(2,3)4)29-20(26)17-15(22)11-8-12-16(17)23/h5-12H,1-4H3. The minimum Gasteiger partial charge on any atom is -0.402 e. The summed E-state index contributed by atoms with van der Waals surface area (Å²) >= 11 is 0. The van der Waals surface area contributed by atoms with Crippen molar-refractivity contribution in [3.63, 3.8) is 0 Å². The number of benzene rings is 2. The third kappa shape index (κ3) is 3.85. The molecule has 0 fully saturated rings. The van der Waals surface area contributed by atoms with Gasteiger partial charge in [-0.3, -0.25) is 0 Å². The molecular weight excluding hydrogens is 414 g/mol. The number of halogens is 2. The molecule has 3 aromatic rings. The first-order valence-electron chi connectivity index (χ1n) is 9.01. The zero-order valence-corrected chi connectivity index (χ0v) is 17.6. The summed E-state index contributed by atoms with van der Waals surface area (Å²) in [6.45, 7) is 6.62. The lowest BCUT2D eigenvalue weighted by Gasteiger charge is -2.22. The van der Waals surface area contributed by atoms with Crippen LogP contribution in [0.25, 0.3) is 0 Å². The van der Waals surface area contributed by atoms with Crippen LogP contribution >= 0.6 is 0 Å². The Hall–Kier alpha value is -3.07. The molecule has 6 nitrogen and oxygen atoms in total. The van der Waals surface area contributed by atoms with Crippen molar-refractivity contribution in [3.05, 3.63) is 71.4 Å². The fourth-order valence-electron chi connectivity index (χ4n) is 2.89. The molecule has 30 heavy (non-hydrogen) atoms. The van der Waals surface area contributed by atoms with Gasteiger partial charge < -0.3 is 4.74 Å².